The van der Waals surface area contributed by atoms with Crippen LogP contribution in [-0.2, 0) is 11.3 Å². The summed E-state index contributed by atoms with van der Waals surface area (Å²) >= 11 is 0. The van der Waals surface area contributed by atoms with Gasteiger partial charge in [0.2, 0.25) is 0 Å². The minimum absolute atomic E-state index is 0.0341. The minimum Gasteiger partial charge on any atom is -0.390 e. The van der Waals surface area contributed by atoms with E-state index in [1.807, 2.05) is 16.8 Å². The van der Waals surface area contributed by atoms with Gasteiger partial charge in [0.1, 0.15) is 5.52 Å². The SMILES string of the molecule is OCc1ccc2c(cnn2C2CCOC2)n1. The van der Waals surface area contributed by atoms with E-state index >= 15 is 0 Å². The summed E-state index contributed by atoms with van der Waals surface area (Å²) in [5.41, 5.74) is 2.51. The van der Waals surface area contributed by atoms with Gasteiger partial charge in [-0.05, 0) is 18.6 Å². The number of pyridine rings is 1. The standard InChI is InChI=1S/C11H13N3O2/c15-6-8-1-2-11-10(13-8)5-12-14(11)9-3-4-16-7-9/h1-2,5,9,15H,3-4,6-7H2. The zero-order chi connectivity index (χ0) is 11.0. The third-order valence-electron chi connectivity index (χ3n) is 2.92. The molecule has 1 fully saturated rings. The highest BCUT2D eigenvalue weighted by Gasteiger charge is 2.20. The topological polar surface area (TPSA) is 60.2 Å². The van der Waals surface area contributed by atoms with Crippen LogP contribution in [-0.4, -0.2) is 33.1 Å². The first-order valence-electron chi connectivity index (χ1n) is 5.40. The van der Waals surface area contributed by atoms with Crippen molar-refractivity contribution in [3.63, 3.8) is 0 Å². The zero-order valence-electron chi connectivity index (χ0n) is 8.83. The molecule has 1 aliphatic rings. The summed E-state index contributed by atoms with van der Waals surface area (Å²) in [6, 6.07) is 4.11. The molecule has 0 spiro atoms. The van der Waals surface area contributed by atoms with Crippen LogP contribution >= 0.6 is 0 Å². The molecule has 0 radical (unpaired) electrons. The Morgan fingerprint density at radius 2 is 2.44 bits per heavy atom. The number of aromatic nitrogens is 3. The van der Waals surface area contributed by atoms with E-state index in [4.69, 9.17) is 9.84 Å². The lowest BCUT2D eigenvalue weighted by Crippen LogP contribution is -2.09. The monoisotopic (exact) mass is 219 g/mol. The first-order valence-corrected chi connectivity index (χ1v) is 5.40. The van der Waals surface area contributed by atoms with Crippen molar-refractivity contribution in [1.82, 2.24) is 14.8 Å². The number of nitrogens with zero attached hydrogens (tertiary/aromatic N) is 3. The van der Waals surface area contributed by atoms with Crippen molar-refractivity contribution in [2.24, 2.45) is 0 Å². The summed E-state index contributed by atoms with van der Waals surface area (Å²) in [6.07, 6.45) is 2.74. The van der Waals surface area contributed by atoms with Crippen molar-refractivity contribution in [1.29, 1.82) is 0 Å². The van der Waals surface area contributed by atoms with Crippen molar-refractivity contribution in [2.75, 3.05) is 13.2 Å². The minimum atomic E-state index is -0.0341. The van der Waals surface area contributed by atoms with E-state index in [-0.39, 0.29) is 6.61 Å². The van der Waals surface area contributed by atoms with E-state index in [1.54, 1.807) is 6.20 Å². The van der Waals surface area contributed by atoms with Crippen molar-refractivity contribution in [2.45, 2.75) is 19.1 Å². The maximum Gasteiger partial charge on any atom is 0.109 e. The highest BCUT2D eigenvalue weighted by atomic mass is 16.5. The largest absolute Gasteiger partial charge is 0.390 e. The molecule has 0 saturated carbocycles. The summed E-state index contributed by atoms with van der Waals surface area (Å²) in [5, 5.41) is 13.4. The van der Waals surface area contributed by atoms with E-state index in [1.165, 1.54) is 0 Å². The summed E-state index contributed by atoms with van der Waals surface area (Å²) in [6.45, 7) is 1.49. The number of fused-ring (bicyclic) bond motifs is 1. The number of aliphatic hydroxyl groups is 1. The van der Waals surface area contributed by atoms with E-state index in [9.17, 15) is 0 Å². The van der Waals surface area contributed by atoms with Crippen molar-refractivity contribution < 1.29 is 9.84 Å². The number of rotatable bonds is 2. The lowest BCUT2D eigenvalue weighted by molar-refractivity contribution is 0.185. The Labute approximate surface area is 92.7 Å². The molecule has 2 aromatic heterocycles. The zero-order valence-corrected chi connectivity index (χ0v) is 8.83. The smallest absolute Gasteiger partial charge is 0.109 e. The quantitative estimate of drug-likeness (QED) is 0.814. The third-order valence-corrected chi connectivity index (χ3v) is 2.92. The Morgan fingerprint density at radius 1 is 1.50 bits per heavy atom. The number of hydrogen-bond acceptors (Lipinski definition) is 4. The van der Waals surface area contributed by atoms with E-state index < -0.39 is 0 Å². The first kappa shape index (κ1) is 9.74. The van der Waals surface area contributed by atoms with E-state index in [0.717, 1.165) is 30.7 Å². The molecule has 0 aliphatic carbocycles. The molecule has 2 aromatic rings. The van der Waals surface area contributed by atoms with Gasteiger partial charge in [0, 0.05) is 6.61 Å². The molecule has 1 saturated heterocycles. The fourth-order valence-electron chi connectivity index (χ4n) is 2.07. The molecule has 1 N–H and O–H groups in total. The van der Waals surface area contributed by atoms with Crippen molar-refractivity contribution in [3.05, 3.63) is 24.0 Å². The molecule has 16 heavy (non-hydrogen) atoms. The molecule has 3 heterocycles. The van der Waals surface area contributed by atoms with Gasteiger partial charge in [-0.3, -0.25) is 4.68 Å². The van der Waals surface area contributed by atoms with Gasteiger partial charge < -0.3 is 9.84 Å². The van der Waals surface area contributed by atoms with Gasteiger partial charge in [0.15, 0.2) is 0 Å². The molecular formula is C11H13N3O2. The molecule has 0 bridgehead atoms. The molecule has 84 valence electrons. The first-order chi connectivity index (χ1) is 7.88. The second-order valence-electron chi connectivity index (χ2n) is 3.97. The Hall–Kier alpha value is -1.46. The van der Waals surface area contributed by atoms with Gasteiger partial charge in [-0.2, -0.15) is 5.10 Å². The Morgan fingerprint density at radius 3 is 3.19 bits per heavy atom. The van der Waals surface area contributed by atoms with Crippen LogP contribution < -0.4 is 0 Å². The van der Waals surface area contributed by atoms with Crippen molar-refractivity contribution >= 4 is 11.0 Å². The Bertz CT molecular complexity index is 503. The Balaban J connectivity index is 2.06. The van der Waals surface area contributed by atoms with Crippen LogP contribution in [0.4, 0.5) is 0 Å². The normalized spacial score (nSPS) is 20.7. The van der Waals surface area contributed by atoms with Crippen LogP contribution in [0.1, 0.15) is 18.2 Å². The summed E-state index contributed by atoms with van der Waals surface area (Å²) < 4.78 is 7.32. The second-order valence-corrected chi connectivity index (χ2v) is 3.97. The van der Waals surface area contributed by atoms with E-state index in [2.05, 4.69) is 10.1 Å². The van der Waals surface area contributed by atoms with Gasteiger partial charge >= 0.3 is 0 Å². The molecule has 1 aliphatic heterocycles. The molecule has 0 amide bonds. The lowest BCUT2D eigenvalue weighted by Gasteiger charge is -2.09. The average molecular weight is 219 g/mol. The maximum absolute atomic E-state index is 9.01. The molecule has 1 atom stereocenters. The van der Waals surface area contributed by atoms with Gasteiger partial charge in [-0.15, -0.1) is 0 Å². The molecule has 3 rings (SSSR count). The number of ether oxygens (including phenoxy) is 1. The number of hydrogen-bond donors (Lipinski definition) is 1. The average Bonchev–Trinajstić information content (AvgIpc) is 2.96. The maximum atomic E-state index is 9.01. The summed E-state index contributed by atoms with van der Waals surface area (Å²) in [4.78, 5) is 4.31. The van der Waals surface area contributed by atoms with Crippen LogP contribution in [0.3, 0.4) is 0 Å². The van der Waals surface area contributed by atoms with Gasteiger partial charge in [-0.25, -0.2) is 4.98 Å². The van der Waals surface area contributed by atoms with Crippen LogP contribution in [0.5, 0.6) is 0 Å². The molecule has 1 unspecified atom stereocenters. The second kappa shape index (κ2) is 3.84. The molecule has 5 nitrogen and oxygen atoms in total. The fourth-order valence-corrected chi connectivity index (χ4v) is 2.07. The Kier molecular flexibility index (Phi) is 2.34. The lowest BCUT2D eigenvalue weighted by atomic mass is 10.2. The van der Waals surface area contributed by atoms with Crippen LogP contribution in [0.2, 0.25) is 0 Å². The predicted molar refractivity (Wildman–Crippen MR) is 57.9 cm³/mol. The van der Waals surface area contributed by atoms with Gasteiger partial charge in [-0.1, -0.05) is 0 Å². The van der Waals surface area contributed by atoms with Crippen molar-refractivity contribution in [3.8, 4) is 0 Å². The number of aliphatic hydroxyl groups excluding tert-OH is 1. The van der Waals surface area contributed by atoms with Crippen LogP contribution in [0, 0.1) is 0 Å². The van der Waals surface area contributed by atoms with E-state index in [0.29, 0.717) is 11.7 Å². The van der Waals surface area contributed by atoms with Crippen LogP contribution in [0.15, 0.2) is 18.3 Å². The molecular weight excluding hydrogens is 206 g/mol. The highest BCUT2D eigenvalue weighted by Crippen LogP contribution is 2.23. The molecule has 5 heteroatoms. The molecule has 0 aromatic carbocycles. The summed E-state index contributed by atoms with van der Waals surface area (Å²) in [7, 11) is 0. The third kappa shape index (κ3) is 1.48. The van der Waals surface area contributed by atoms with Gasteiger partial charge in [0.05, 0.1) is 36.7 Å². The van der Waals surface area contributed by atoms with Gasteiger partial charge in [0.25, 0.3) is 0 Å². The predicted octanol–water partition coefficient (Wildman–Crippen LogP) is 0.885. The van der Waals surface area contributed by atoms with Crippen LogP contribution in [0.25, 0.3) is 11.0 Å². The highest BCUT2D eigenvalue weighted by molar-refractivity contribution is 5.74. The fraction of sp³-hybridized carbons (Fsp3) is 0.455. The summed E-state index contributed by atoms with van der Waals surface area (Å²) in [5.74, 6) is 0.